The van der Waals surface area contributed by atoms with Crippen molar-refractivity contribution in [2.45, 2.75) is 32.6 Å². The molecule has 0 saturated carbocycles. The SMILES string of the molecule is C=C(C)CNC(=O)c1sc2nc3c(cc2c1N)CCCC3. The van der Waals surface area contributed by atoms with E-state index < -0.39 is 0 Å². The van der Waals surface area contributed by atoms with E-state index in [9.17, 15) is 4.79 Å². The average Bonchev–Trinajstić information content (AvgIpc) is 2.79. The van der Waals surface area contributed by atoms with Crippen molar-refractivity contribution in [3.05, 3.63) is 34.4 Å². The molecule has 0 unspecified atom stereocenters. The highest BCUT2D eigenvalue weighted by molar-refractivity contribution is 7.21. The molecular weight excluding hydrogens is 282 g/mol. The van der Waals surface area contributed by atoms with Gasteiger partial charge in [-0.05, 0) is 44.2 Å². The van der Waals surface area contributed by atoms with Gasteiger partial charge >= 0.3 is 0 Å². The topological polar surface area (TPSA) is 68.0 Å². The van der Waals surface area contributed by atoms with Gasteiger partial charge < -0.3 is 11.1 Å². The van der Waals surface area contributed by atoms with Gasteiger partial charge in [0.25, 0.3) is 5.91 Å². The number of nitrogen functional groups attached to an aromatic ring is 1. The second kappa shape index (κ2) is 5.48. The van der Waals surface area contributed by atoms with Gasteiger partial charge in [-0.25, -0.2) is 4.98 Å². The zero-order chi connectivity index (χ0) is 15.0. The van der Waals surface area contributed by atoms with Crippen LogP contribution < -0.4 is 11.1 Å². The zero-order valence-corrected chi connectivity index (χ0v) is 13.0. The smallest absolute Gasteiger partial charge is 0.263 e. The molecule has 3 N–H and O–H groups in total. The molecule has 1 aliphatic rings. The highest BCUT2D eigenvalue weighted by Crippen LogP contribution is 2.35. The van der Waals surface area contributed by atoms with Crippen LogP contribution in [0.2, 0.25) is 0 Å². The summed E-state index contributed by atoms with van der Waals surface area (Å²) in [7, 11) is 0. The number of anilines is 1. The first-order valence-corrected chi connectivity index (χ1v) is 8.01. The maximum absolute atomic E-state index is 12.2. The molecule has 1 amide bonds. The monoisotopic (exact) mass is 301 g/mol. The second-order valence-electron chi connectivity index (χ2n) is 5.64. The summed E-state index contributed by atoms with van der Waals surface area (Å²) in [4.78, 5) is 18.4. The third-order valence-electron chi connectivity index (χ3n) is 3.76. The highest BCUT2D eigenvalue weighted by Gasteiger charge is 2.20. The van der Waals surface area contributed by atoms with Crippen molar-refractivity contribution < 1.29 is 4.79 Å². The van der Waals surface area contributed by atoms with Crippen molar-refractivity contribution in [2.24, 2.45) is 0 Å². The normalized spacial score (nSPS) is 14.0. The van der Waals surface area contributed by atoms with Crippen LogP contribution in [-0.2, 0) is 12.8 Å². The maximum atomic E-state index is 12.2. The highest BCUT2D eigenvalue weighted by atomic mass is 32.1. The fraction of sp³-hybridized carbons (Fsp3) is 0.375. The molecule has 110 valence electrons. The van der Waals surface area contributed by atoms with Crippen molar-refractivity contribution in [1.82, 2.24) is 10.3 Å². The van der Waals surface area contributed by atoms with Crippen LogP contribution in [0.1, 0.15) is 40.7 Å². The number of carbonyl (C=O) groups excluding carboxylic acids is 1. The van der Waals surface area contributed by atoms with Gasteiger partial charge in [-0.3, -0.25) is 4.79 Å². The summed E-state index contributed by atoms with van der Waals surface area (Å²) in [5, 5.41) is 3.75. The number of carbonyl (C=O) groups is 1. The van der Waals surface area contributed by atoms with Crippen molar-refractivity contribution in [1.29, 1.82) is 0 Å². The van der Waals surface area contributed by atoms with Crippen LogP contribution in [-0.4, -0.2) is 17.4 Å². The lowest BCUT2D eigenvalue weighted by atomic mass is 9.95. The van der Waals surface area contributed by atoms with Gasteiger partial charge in [0, 0.05) is 17.6 Å². The molecule has 0 aromatic carbocycles. The number of hydrogen-bond acceptors (Lipinski definition) is 4. The number of nitrogens with zero attached hydrogens (tertiary/aromatic N) is 1. The van der Waals surface area contributed by atoms with Gasteiger partial charge in [-0.15, -0.1) is 11.3 Å². The fourth-order valence-corrected chi connectivity index (χ4v) is 3.65. The summed E-state index contributed by atoms with van der Waals surface area (Å²) in [6.07, 6.45) is 4.49. The minimum atomic E-state index is -0.142. The van der Waals surface area contributed by atoms with E-state index in [0.29, 0.717) is 17.1 Å². The molecule has 0 radical (unpaired) electrons. The number of nitrogens with one attached hydrogen (secondary N) is 1. The molecule has 0 bridgehead atoms. The number of pyridine rings is 1. The number of amides is 1. The molecule has 2 aromatic heterocycles. The van der Waals surface area contributed by atoms with Gasteiger partial charge in [0.2, 0.25) is 0 Å². The van der Waals surface area contributed by atoms with Crippen LogP contribution in [0.25, 0.3) is 10.2 Å². The molecule has 21 heavy (non-hydrogen) atoms. The molecule has 2 aromatic rings. The molecule has 0 spiro atoms. The van der Waals surface area contributed by atoms with Gasteiger partial charge in [-0.2, -0.15) is 0 Å². The van der Waals surface area contributed by atoms with Crippen LogP contribution in [0.15, 0.2) is 18.2 Å². The van der Waals surface area contributed by atoms with Gasteiger partial charge in [0.15, 0.2) is 0 Å². The van der Waals surface area contributed by atoms with E-state index in [2.05, 4.69) is 18.0 Å². The Morgan fingerprint density at radius 3 is 3.00 bits per heavy atom. The lowest BCUT2D eigenvalue weighted by molar-refractivity contribution is 0.0962. The number of aromatic nitrogens is 1. The summed E-state index contributed by atoms with van der Waals surface area (Å²) in [5.41, 5.74) is 10.1. The molecule has 0 atom stereocenters. The van der Waals surface area contributed by atoms with E-state index in [-0.39, 0.29) is 5.91 Å². The quantitative estimate of drug-likeness (QED) is 0.856. The minimum Gasteiger partial charge on any atom is -0.397 e. The van der Waals surface area contributed by atoms with Crippen LogP contribution in [0, 0.1) is 0 Å². The number of fused-ring (bicyclic) bond motifs is 2. The molecule has 0 fully saturated rings. The van der Waals surface area contributed by atoms with E-state index in [1.807, 2.05) is 6.92 Å². The van der Waals surface area contributed by atoms with E-state index in [1.165, 1.54) is 35.4 Å². The molecule has 0 aliphatic heterocycles. The number of hydrogen-bond donors (Lipinski definition) is 2. The number of rotatable bonds is 3. The summed E-state index contributed by atoms with van der Waals surface area (Å²) in [6.45, 7) is 6.13. The summed E-state index contributed by atoms with van der Waals surface area (Å²) in [6, 6.07) is 2.12. The van der Waals surface area contributed by atoms with Crippen molar-refractivity contribution in [3.63, 3.8) is 0 Å². The van der Waals surface area contributed by atoms with E-state index in [4.69, 9.17) is 10.7 Å². The molecule has 0 saturated heterocycles. The van der Waals surface area contributed by atoms with Crippen LogP contribution >= 0.6 is 11.3 Å². The van der Waals surface area contributed by atoms with E-state index in [1.54, 1.807) is 0 Å². The van der Waals surface area contributed by atoms with Gasteiger partial charge in [0.1, 0.15) is 9.71 Å². The molecule has 5 heteroatoms. The fourth-order valence-electron chi connectivity index (χ4n) is 2.64. The minimum absolute atomic E-state index is 0.142. The molecular formula is C16H19N3OS. The third-order valence-corrected chi connectivity index (χ3v) is 4.87. The van der Waals surface area contributed by atoms with Gasteiger partial charge in [-0.1, -0.05) is 12.2 Å². The largest absolute Gasteiger partial charge is 0.397 e. The van der Waals surface area contributed by atoms with Crippen LogP contribution in [0.5, 0.6) is 0 Å². The van der Waals surface area contributed by atoms with E-state index >= 15 is 0 Å². The Hall–Kier alpha value is -1.88. The first kappa shape index (κ1) is 14.1. The lowest BCUT2D eigenvalue weighted by Crippen LogP contribution is -2.24. The predicted octanol–water partition coefficient (Wildman–Crippen LogP) is 3.06. The third kappa shape index (κ3) is 2.65. The molecule has 2 heterocycles. The summed E-state index contributed by atoms with van der Waals surface area (Å²) < 4.78 is 0. The summed E-state index contributed by atoms with van der Waals surface area (Å²) >= 11 is 1.38. The average molecular weight is 301 g/mol. The first-order valence-electron chi connectivity index (χ1n) is 7.19. The lowest BCUT2D eigenvalue weighted by Gasteiger charge is -2.14. The van der Waals surface area contributed by atoms with E-state index in [0.717, 1.165) is 28.6 Å². The number of nitrogens with two attached hydrogens (primary N) is 1. The Labute approximate surface area is 128 Å². The first-order chi connectivity index (χ1) is 10.1. The Balaban J connectivity index is 1.99. The van der Waals surface area contributed by atoms with Gasteiger partial charge in [0.05, 0.1) is 5.69 Å². The van der Waals surface area contributed by atoms with Crippen LogP contribution in [0.4, 0.5) is 5.69 Å². The molecule has 1 aliphatic carbocycles. The zero-order valence-electron chi connectivity index (χ0n) is 12.2. The number of aryl methyl sites for hydroxylation is 2. The Morgan fingerprint density at radius 2 is 2.24 bits per heavy atom. The Kier molecular flexibility index (Phi) is 3.68. The Bertz CT molecular complexity index is 733. The summed E-state index contributed by atoms with van der Waals surface area (Å²) in [5.74, 6) is -0.142. The second-order valence-corrected chi connectivity index (χ2v) is 6.64. The standard InChI is InChI=1S/C16H19N3OS/c1-9(2)8-18-15(20)14-13(17)11-7-10-5-3-4-6-12(10)19-16(11)21-14/h7H,1,3-6,8,17H2,2H3,(H,18,20). The molecule has 4 nitrogen and oxygen atoms in total. The predicted molar refractivity (Wildman–Crippen MR) is 87.8 cm³/mol. The van der Waals surface area contributed by atoms with Crippen molar-refractivity contribution in [2.75, 3.05) is 12.3 Å². The maximum Gasteiger partial charge on any atom is 0.263 e. The number of thiophene rings is 1. The van der Waals surface area contributed by atoms with Crippen LogP contribution in [0.3, 0.4) is 0 Å². The Morgan fingerprint density at radius 1 is 1.48 bits per heavy atom. The van der Waals surface area contributed by atoms with Crippen molar-refractivity contribution in [3.8, 4) is 0 Å². The van der Waals surface area contributed by atoms with Crippen molar-refractivity contribution >= 4 is 33.1 Å². The molecule has 3 rings (SSSR count).